The molecular formula is C19H18Cl2N2O2. The summed E-state index contributed by atoms with van der Waals surface area (Å²) >= 11 is 12.2. The first kappa shape index (κ1) is 17.8. The molecule has 130 valence electrons. The first-order valence-corrected chi connectivity index (χ1v) is 8.77. The predicted octanol–water partition coefficient (Wildman–Crippen LogP) is 4.62. The molecule has 1 aliphatic carbocycles. The van der Waals surface area contributed by atoms with E-state index >= 15 is 0 Å². The maximum absolute atomic E-state index is 11.3. The van der Waals surface area contributed by atoms with Crippen LogP contribution in [0, 0.1) is 0 Å². The molecule has 25 heavy (non-hydrogen) atoms. The summed E-state index contributed by atoms with van der Waals surface area (Å²) in [4.78, 5) is 23.7. The molecule has 2 atom stereocenters. The van der Waals surface area contributed by atoms with Crippen LogP contribution < -0.4 is 5.32 Å². The second-order valence-corrected chi connectivity index (χ2v) is 7.01. The summed E-state index contributed by atoms with van der Waals surface area (Å²) in [6, 6.07) is 11.5. The van der Waals surface area contributed by atoms with Gasteiger partial charge < -0.3 is 10.2 Å². The van der Waals surface area contributed by atoms with E-state index in [1.54, 1.807) is 11.9 Å². The Balaban J connectivity index is 2.07. The summed E-state index contributed by atoms with van der Waals surface area (Å²) in [5, 5.41) is 3.75. The standard InChI is InChI=1S/C19H18Cl2N2O2/c1-23(11-25)19-7-5-14(12-2-6-17(20)18(21)8-12)15-4-3-13(22-10-24)9-16(15)19/h2-4,6,8-11,14,19H,5,7H2,1H3,(H,22,24)/t14-,19-/m0/s1. The van der Waals surface area contributed by atoms with E-state index in [9.17, 15) is 9.59 Å². The fraction of sp³-hybridized carbons (Fsp3) is 0.263. The van der Waals surface area contributed by atoms with Crippen LogP contribution in [0.15, 0.2) is 36.4 Å². The lowest BCUT2D eigenvalue weighted by molar-refractivity contribution is -0.119. The van der Waals surface area contributed by atoms with Gasteiger partial charge in [-0.05, 0) is 53.8 Å². The molecule has 2 aromatic rings. The van der Waals surface area contributed by atoms with Crippen LogP contribution in [0.4, 0.5) is 5.69 Å². The van der Waals surface area contributed by atoms with Crippen molar-refractivity contribution in [1.82, 2.24) is 4.90 Å². The van der Waals surface area contributed by atoms with Gasteiger partial charge in [-0.25, -0.2) is 0 Å². The van der Waals surface area contributed by atoms with Crippen LogP contribution in [0.25, 0.3) is 0 Å². The Kier molecular flexibility index (Phi) is 5.30. The number of anilines is 1. The first-order chi connectivity index (χ1) is 12.0. The largest absolute Gasteiger partial charge is 0.341 e. The van der Waals surface area contributed by atoms with Crippen LogP contribution in [0.2, 0.25) is 10.0 Å². The third-order valence-corrected chi connectivity index (χ3v) is 5.52. The van der Waals surface area contributed by atoms with E-state index in [0.717, 1.165) is 35.9 Å². The fourth-order valence-corrected chi connectivity index (χ4v) is 3.85. The molecule has 0 fully saturated rings. The van der Waals surface area contributed by atoms with E-state index in [-0.39, 0.29) is 12.0 Å². The van der Waals surface area contributed by atoms with E-state index in [2.05, 4.69) is 5.32 Å². The Hall–Kier alpha value is -2.04. The molecule has 1 aliphatic rings. The second-order valence-electron chi connectivity index (χ2n) is 6.20. The predicted molar refractivity (Wildman–Crippen MR) is 100 cm³/mol. The number of carbonyl (C=O) groups is 2. The van der Waals surface area contributed by atoms with Crippen molar-refractivity contribution in [2.75, 3.05) is 12.4 Å². The number of carbonyl (C=O) groups excluding carboxylic acids is 2. The van der Waals surface area contributed by atoms with Gasteiger partial charge in [0.1, 0.15) is 0 Å². The van der Waals surface area contributed by atoms with Crippen molar-refractivity contribution in [1.29, 1.82) is 0 Å². The molecule has 2 amide bonds. The van der Waals surface area contributed by atoms with Crippen molar-refractivity contribution in [3.8, 4) is 0 Å². The first-order valence-electron chi connectivity index (χ1n) is 8.01. The molecule has 0 radical (unpaired) electrons. The van der Waals surface area contributed by atoms with E-state index in [0.29, 0.717) is 22.1 Å². The van der Waals surface area contributed by atoms with Crippen molar-refractivity contribution >= 4 is 41.7 Å². The molecule has 0 bridgehead atoms. The SMILES string of the molecule is CN(C=O)[C@H]1CC[C@@H](c2ccc(Cl)c(Cl)c2)c2ccc(NC=O)cc21. The maximum atomic E-state index is 11.3. The highest BCUT2D eigenvalue weighted by Gasteiger charge is 2.30. The number of amides is 2. The number of halogens is 2. The molecule has 6 heteroatoms. The summed E-state index contributed by atoms with van der Waals surface area (Å²) in [6.07, 6.45) is 3.22. The average Bonchev–Trinajstić information content (AvgIpc) is 2.62. The summed E-state index contributed by atoms with van der Waals surface area (Å²) < 4.78 is 0. The van der Waals surface area contributed by atoms with Gasteiger partial charge in [-0.15, -0.1) is 0 Å². The number of benzene rings is 2. The number of nitrogens with one attached hydrogen (secondary N) is 1. The van der Waals surface area contributed by atoms with Gasteiger partial charge in [-0.3, -0.25) is 9.59 Å². The maximum Gasteiger partial charge on any atom is 0.211 e. The van der Waals surface area contributed by atoms with Crippen molar-refractivity contribution in [2.24, 2.45) is 0 Å². The third-order valence-electron chi connectivity index (χ3n) is 4.78. The van der Waals surface area contributed by atoms with Gasteiger partial charge in [0.05, 0.1) is 16.1 Å². The minimum absolute atomic E-state index is 0.0140. The van der Waals surface area contributed by atoms with Gasteiger partial charge in [0, 0.05) is 18.7 Å². The number of fused-ring (bicyclic) bond motifs is 1. The molecule has 2 aromatic carbocycles. The molecular weight excluding hydrogens is 359 g/mol. The second kappa shape index (κ2) is 7.46. The van der Waals surface area contributed by atoms with Gasteiger partial charge in [-0.1, -0.05) is 35.3 Å². The quantitative estimate of drug-likeness (QED) is 0.774. The van der Waals surface area contributed by atoms with Crippen LogP contribution in [-0.2, 0) is 9.59 Å². The average molecular weight is 377 g/mol. The van der Waals surface area contributed by atoms with Crippen molar-refractivity contribution < 1.29 is 9.59 Å². The summed E-state index contributed by atoms with van der Waals surface area (Å²) in [6.45, 7) is 0. The lowest BCUT2D eigenvalue weighted by Gasteiger charge is -2.36. The molecule has 0 spiro atoms. The molecule has 0 heterocycles. The Bertz CT molecular complexity index is 810. The third kappa shape index (κ3) is 3.51. The van der Waals surface area contributed by atoms with Crippen LogP contribution in [0.1, 0.15) is 41.5 Å². The van der Waals surface area contributed by atoms with E-state index in [1.807, 2.05) is 36.4 Å². The number of hydrogen-bond donors (Lipinski definition) is 1. The van der Waals surface area contributed by atoms with Crippen molar-refractivity contribution in [3.05, 3.63) is 63.1 Å². The number of hydrogen-bond acceptors (Lipinski definition) is 2. The smallest absolute Gasteiger partial charge is 0.211 e. The van der Waals surface area contributed by atoms with Crippen LogP contribution in [0.5, 0.6) is 0 Å². The zero-order valence-electron chi connectivity index (χ0n) is 13.7. The van der Waals surface area contributed by atoms with Gasteiger partial charge in [0.25, 0.3) is 0 Å². The molecule has 0 aliphatic heterocycles. The van der Waals surface area contributed by atoms with Gasteiger partial charge in [-0.2, -0.15) is 0 Å². The van der Waals surface area contributed by atoms with E-state index < -0.39 is 0 Å². The molecule has 0 unspecified atom stereocenters. The number of nitrogens with zero attached hydrogens (tertiary/aromatic N) is 1. The zero-order chi connectivity index (χ0) is 18.0. The molecule has 3 rings (SSSR count). The Morgan fingerprint density at radius 2 is 1.84 bits per heavy atom. The Morgan fingerprint density at radius 1 is 1.04 bits per heavy atom. The van der Waals surface area contributed by atoms with Gasteiger partial charge in [0.15, 0.2) is 0 Å². The lowest BCUT2D eigenvalue weighted by atomic mass is 9.76. The normalized spacial score (nSPS) is 19.0. The molecule has 0 saturated heterocycles. The molecule has 0 aromatic heterocycles. The van der Waals surface area contributed by atoms with Crippen molar-refractivity contribution in [2.45, 2.75) is 24.8 Å². The highest BCUT2D eigenvalue weighted by atomic mass is 35.5. The topological polar surface area (TPSA) is 49.4 Å². The monoisotopic (exact) mass is 376 g/mol. The fourth-order valence-electron chi connectivity index (χ4n) is 3.55. The summed E-state index contributed by atoms with van der Waals surface area (Å²) in [5.74, 6) is 0.173. The summed E-state index contributed by atoms with van der Waals surface area (Å²) in [5.41, 5.74) is 4.00. The van der Waals surface area contributed by atoms with E-state index in [1.165, 1.54) is 0 Å². The molecule has 0 saturated carbocycles. The highest BCUT2D eigenvalue weighted by molar-refractivity contribution is 6.42. The Morgan fingerprint density at radius 3 is 2.52 bits per heavy atom. The van der Waals surface area contributed by atoms with Gasteiger partial charge in [0.2, 0.25) is 12.8 Å². The summed E-state index contributed by atoms with van der Waals surface area (Å²) in [7, 11) is 1.78. The van der Waals surface area contributed by atoms with Crippen molar-refractivity contribution in [3.63, 3.8) is 0 Å². The minimum Gasteiger partial charge on any atom is -0.341 e. The Labute approximate surface area is 156 Å². The van der Waals surface area contributed by atoms with Gasteiger partial charge >= 0.3 is 0 Å². The molecule has 1 N–H and O–H groups in total. The highest BCUT2D eigenvalue weighted by Crippen LogP contribution is 2.44. The minimum atomic E-state index is -0.0140. The van der Waals surface area contributed by atoms with Crippen LogP contribution >= 0.6 is 23.2 Å². The zero-order valence-corrected chi connectivity index (χ0v) is 15.2. The lowest BCUT2D eigenvalue weighted by Crippen LogP contribution is -2.28. The van der Waals surface area contributed by atoms with E-state index in [4.69, 9.17) is 23.2 Å². The number of rotatable bonds is 5. The van der Waals surface area contributed by atoms with Crippen LogP contribution in [-0.4, -0.2) is 24.8 Å². The van der Waals surface area contributed by atoms with Crippen LogP contribution in [0.3, 0.4) is 0 Å². The molecule has 4 nitrogen and oxygen atoms in total.